The monoisotopic (exact) mass is 354 g/mol. The molecule has 0 saturated carbocycles. The lowest BCUT2D eigenvalue weighted by Gasteiger charge is -2.19. The number of hydrogen-bond donors (Lipinski definition) is 0. The van der Waals surface area contributed by atoms with Crippen LogP contribution in [0.3, 0.4) is 0 Å². The largest absolute Gasteiger partial charge is 0.497 e. The smallest absolute Gasteiger partial charge is 0.167 e. The molecule has 3 aromatic rings. The number of allylic oxidation sites excluding steroid dienone is 2. The molecule has 134 valence electrons. The van der Waals surface area contributed by atoms with Crippen LogP contribution < -0.4 is 4.74 Å². The molecule has 0 bridgehead atoms. The van der Waals surface area contributed by atoms with E-state index in [1.807, 2.05) is 60.7 Å². The average Bonchev–Trinajstić information content (AvgIpc) is 3.20. The molecule has 3 aromatic carbocycles. The number of hydrogen-bond acceptors (Lipinski definition) is 2. The van der Waals surface area contributed by atoms with Gasteiger partial charge < -0.3 is 4.74 Å². The van der Waals surface area contributed by atoms with Crippen LogP contribution >= 0.6 is 0 Å². The van der Waals surface area contributed by atoms with Gasteiger partial charge in [0.2, 0.25) is 0 Å². The normalized spacial score (nSPS) is 18.8. The highest BCUT2D eigenvalue weighted by molar-refractivity contribution is 6.00. The lowest BCUT2D eigenvalue weighted by molar-refractivity contribution is 0.0917. The Hall–Kier alpha value is -3.13. The minimum atomic E-state index is -0.0870. The predicted molar refractivity (Wildman–Crippen MR) is 109 cm³/mol. The Morgan fingerprint density at radius 2 is 1.48 bits per heavy atom. The Kier molecular flexibility index (Phi) is 4.88. The molecule has 0 spiro atoms. The summed E-state index contributed by atoms with van der Waals surface area (Å²) in [5, 5.41) is 0. The minimum Gasteiger partial charge on any atom is -0.497 e. The number of ketones is 1. The molecule has 0 fully saturated rings. The second-order valence-electron chi connectivity index (χ2n) is 6.90. The maximum Gasteiger partial charge on any atom is 0.167 e. The van der Waals surface area contributed by atoms with Gasteiger partial charge in [0.05, 0.1) is 7.11 Å². The van der Waals surface area contributed by atoms with Crippen molar-refractivity contribution in [1.82, 2.24) is 0 Å². The summed E-state index contributed by atoms with van der Waals surface area (Å²) in [6, 6.07) is 28.0. The zero-order valence-electron chi connectivity index (χ0n) is 15.3. The maximum absolute atomic E-state index is 13.3. The van der Waals surface area contributed by atoms with Crippen LogP contribution in [-0.2, 0) is 0 Å². The molecule has 2 atom stereocenters. The SMILES string of the molecule is COc1ccc([C@H]2C=C(c3ccccc3)C[C@@H]2C(=O)c2ccccc2)cc1. The van der Waals surface area contributed by atoms with E-state index in [0.717, 1.165) is 23.3 Å². The van der Waals surface area contributed by atoms with Crippen molar-refractivity contribution >= 4 is 11.4 Å². The zero-order chi connectivity index (χ0) is 18.6. The summed E-state index contributed by atoms with van der Waals surface area (Å²) in [5.41, 5.74) is 4.37. The first-order chi connectivity index (χ1) is 13.3. The second kappa shape index (κ2) is 7.63. The molecule has 1 aliphatic carbocycles. The molecule has 0 amide bonds. The highest BCUT2D eigenvalue weighted by Gasteiger charge is 2.35. The molecule has 0 N–H and O–H groups in total. The molecule has 0 radical (unpaired) electrons. The van der Waals surface area contributed by atoms with Crippen LogP contribution in [-0.4, -0.2) is 12.9 Å². The van der Waals surface area contributed by atoms with Gasteiger partial charge in [-0.3, -0.25) is 4.79 Å². The van der Waals surface area contributed by atoms with Crippen molar-refractivity contribution in [2.24, 2.45) is 5.92 Å². The molecule has 2 heteroatoms. The van der Waals surface area contributed by atoms with Crippen molar-refractivity contribution in [1.29, 1.82) is 0 Å². The molecule has 0 unspecified atom stereocenters. The van der Waals surface area contributed by atoms with E-state index in [9.17, 15) is 4.79 Å². The molecule has 1 aliphatic rings. The number of methoxy groups -OCH3 is 1. The number of benzene rings is 3. The van der Waals surface area contributed by atoms with Crippen LogP contribution in [0.4, 0.5) is 0 Å². The zero-order valence-corrected chi connectivity index (χ0v) is 15.3. The van der Waals surface area contributed by atoms with E-state index in [1.165, 1.54) is 11.1 Å². The summed E-state index contributed by atoms with van der Waals surface area (Å²) in [6.45, 7) is 0. The molecular formula is C25H22O2. The quantitative estimate of drug-likeness (QED) is 0.544. The van der Waals surface area contributed by atoms with Gasteiger partial charge in [0.15, 0.2) is 5.78 Å². The van der Waals surface area contributed by atoms with Crippen LogP contribution in [0.25, 0.3) is 5.57 Å². The number of Topliss-reactive ketones (excluding diaryl/α,β-unsaturated/α-hetero) is 1. The van der Waals surface area contributed by atoms with Gasteiger partial charge in [-0.05, 0) is 35.3 Å². The topological polar surface area (TPSA) is 26.3 Å². The Balaban J connectivity index is 1.71. The Morgan fingerprint density at radius 3 is 2.11 bits per heavy atom. The second-order valence-corrected chi connectivity index (χ2v) is 6.90. The molecule has 0 saturated heterocycles. The molecule has 2 nitrogen and oxygen atoms in total. The van der Waals surface area contributed by atoms with Gasteiger partial charge in [0.25, 0.3) is 0 Å². The van der Waals surface area contributed by atoms with Crippen molar-refractivity contribution in [3.05, 3.63) is 108 Å². The van der Waals surface area contributed by atoms with Crippen molar-refractivity contribution in [3.8, 4) is 5.75 Å². The molecule has 0 heterocycles. The fraction of sp³-hybridized carbons (Fsp3) is 0.160. The molecule has 0 aliphatic heterocycles. The van der Waals surface area contributed by atoms with Crippen LogP contribution in [0.1, 0.15) is 33.8 Å². The first-order valence-corrected chi connectivity index (χ1v) is 9.25. The average molecular weight is 354 g/mol. The number of ether oxygens (including phenoxy) is 1. The summed E-state index contributed by atoms with van der Waals surface area (Å²) in [6.07, 6.45) is 3.02. The first-order valence-electron chi connectivity index (χ1n) is 9.25. The van der Waals surface area contributed by atoms with Gasteiger partial charge in [-0.15, -0.1) is 0 Å². The van der Waals surface area contributed by atoms with Crippen molar-refractivity contribution in [2.45, 2.75) is 12.3 Å². The predicted octanol–water partition coefficient (Wildman–Crippen LogP) is 5.77. The van der Waals surface area contributed by atoms with Gasteiger partial charge >= 0.3 is 0 Å². The Bertz CT molecular complexity index is 941. The van der Waals surface area contributed by atoms with Crippen LogP contribution in [0.15, 0.2) is 91.0 Å². The number of carbonyl (C=O) groups is 1. The molecular weight excluding hydrogens is 332 g/mol. The first kappa shape index (κ1) is 17.3. The van der Waals surface area contributed by atoms with Crippen LogP contribution in [0.2, 0.25) is 0 Å². The van der Waals surface area contributed by atoms with E-state index in [-0.39, 0.29) is 17.6 Å². The van der Waals surface area contributed by atoms with E-state index in [1.54, 1.807) is 7.11 Å². The van der Waals surface area contributed by atoms with E-state index in [2.05, 4.69) is 30.3 Å². The van der Waals surface area contributed by atoms with E-state index in [4.69, 9.17) is 4.74 Å². The third-order valence-corrected chi connectivity index (χ3v) is 5.29. The van der Waals surface area contributed by atoms with Gasteiger partial charge in [-0.2, -0.15) is 0 Å². The minimum absolute atomic E-state index is 0.0684. The highest BCUT2D eigenvalue weighted by atomic mass is 16.5. The third kappa shape index (κ3) is 3.56. The summed E-state index contributed by atoms with van der Waals surface area (Å²) >= 11 is 0. The van der Waals surface area contributed by atoms with Gasteiger partial charge in [-0.25, -0.2) is 0 Å². The summed E-state index contributed by atoms with van der Waals surface area (Å²) in [4.78, 5) is 13.3. The molecule has 0 aromatic heterocycles. The van der Waals surface area contributed by atoms with Crippen LogP contribution in [0, 0.1) is 5.92 Å². The number of rotatable bonds is 5. The van der Waals surface area contributed by atoms with Crippen molar-refractivity contribution < 1.29 is 9.53 Å². The Morgan fingerprint density at radius 1 is 0.852 bits per heavy atom. The lowest BCUT2D eigenvalue weighted by Crippen LogP contribution is -2.18. The fourth-order valence-corrected chi connectivity index (χ4v) is 3.86. The summed E-state index contributed by atoms with van der Waals surface area (Å²) in [5.74, 6) is 1.02. The Labute approximate surface area is 160 Å². The van der Waals surface area contributed by atoms with Gasteiger partial charge in [0.1, 0.15) is 5.75 Å². The van der Waals surface area contributed by atoms with Crippen molar-refractivity contribution in [2.75, 3.05) is 7.11 Å². The van der Waals surface area contributed by atoms with E-state index >= 15 is 0 Å². The summed E-state index contributed by atoms with van der Waals surface area (Å²) in [7, 11) is 1.67. The highest BCUT2D eigenvalue weighted by Crippen LogP contribution is 2.44. The number of carbonyl (C=O) groups excluding carboxylic acids is 1. The van der Waals surface area contributed by atoms with E-state index in [0.29, 0.717) is 0 Å². The van der Waals surface area contributed by atoms with Gasteiger partial charge in [-0.1, -0.05) is 78.9 Å². The fourth-order valence-electron chi connectivity index (χ4n) is 3.86. The molecule has 4 rings (SSSR count). The molecule has 27 heavy (non-hydrogen) atoms. The summed E-state index contributed by atoms with van der Waals surface area (Å²) < 4.78 is 5.28. The standard InChI is InChI=1S/C25H22O2/c1-27-22-14-12-19(13-15-22)23-16-21(18-8-4-2-5-9-18)17-24(23)25(26)20-10-6-3-7-11-20/h2-16,23-24H,17H2,1H3/t23-,24+/m1/s1. The third-order valence-electron chi connectivity index (χ3n) is 5.29. The van der Waals surface area contributed by atoms with Crippen molar-refractivity contribution in [3.63, 3.8) is 0 Å². The van der Waals surface area contributed by atoms with E-state index < -0.39 is 0 Å². The maximum atomic E-state index is 13.3. The van der Waals surface area contributed by atoms with Gasteiger partial charge in [0, 0.05) is 17.4 Å². The van der Waals surface area contributed by atoms with Crippen LogP contribution in [0.5, 0.6) is 5.75 Å². The lowest BCUT2D eigenvalue weighted by atomic mass is 9.83.